The Morgan fingerprint density at radius 1 is 1.50 bits per heavy atom. The van der Waals surface area contributed by atoms with Crippen LogP contribution in [0.15, 0.2) is 18.2 Å². The van der Waals surface area contributed by atoms with Crippen molar-refractivity contribution in [2.45, 2.75) is 20.3 Å². The minimum absolute atomic E-state index is 0.00648. The van der Waals surface area contributed by atoms with E-state index in [9.17, 15) is 4.79 Å². The number of carbonyl (C=O) groups excluding carboxylic acids is 1. The first kappa shape index (κ1) is 15.1. The predicted molar refractivity (Wildman–Crippen MR) is 81.4 cm³/mol. The summed E-state index contributed by atoms with van der Waals surface area (Å²) in [6, 6.07) is 5.30. The second-order valence-electron chi connectivity index (χ2n) is 5.22. The van der Waals surface area contributed by atoms with Gasteiger partial charge in [-0.25, -0.2) is 0 Å². The Labute approximate surface area is 124 Å². The van der Waals surface area contributed by atoms with Crippen LogP contribution in [0.5, 0.6) is 5.75 Å². The maximum atomic E-state index is 12.3. The fraction of sp³-hybridized carbons (Fsp3) is 0.533. The zero-order valence-electron chi connectivity index (χ0n) is 11.9. The van der Waals surface area contributed by atoms with Crippen molar-refractivity contribution in [2.24, 2.45) is 11.8 Å². The predicted octanol–water partition coefficient (Wildman–Crippen LogP) is 2.92. The van der Waals surface area contributed by atoms with Crippen LogP contribution in [0.25, 0.3) is 0 Å². The molecule has 2 atom stereocenters. The number of rotatable bonds is 5. The first-order chi connectivity index (χ1) is 9.61. The Hall–Kier alpha value is -1.26. The third-order valence-corrected chi connectivity index (χ3v) is 3.75. The topological polar surface area (TPSA) is 50.4 Å². The summed E-state index contributed by atoms with van der Waals surface area (Å²) in [7, 11) is 0. The molecule has 1 heterocycles. The van der Waals surface area contributed by atoms with Gasteiger partial charge in [-0.05, 0) is 37.1 Å². The van der Waals surface area contributed by atoms with Crippen molar-refractivity contribution in [3.63, 3.8) is 0 Å². The van der Waals surface area contributed by atoms with E-state index in [-0.39, 0.29) is 11.8 Å². The summed E-state index contributed by atoms with van der Waals surface area (Å²) in [6.07, 6.45) is 0.916. The van der Waals surface area contributed by atoms with Crippen molar-refractivity contribution >= 4 is 23.2 Å². The number of nitrogens with one attached hydrogen (secondary N) is 2. The molecule has 5 heteroatoms. The lowest BCUT2D eigenvalue weighted by molar-refractivity contribution is -0.120. The van der Waals surface area contributed by atoms with E-state index >= 15 is 0 Å². The number of hydrogen-bond donors (Lipinski definition) is 2. The van der Waals surface area contributed by atoms with E-state index in [0.29, 0.717) is 29.0 Å². The average molecular weight is 297 g/mol. The van der Waals surface area contributed by atoms with Gasteiger partial charge in [0.25, 0.3) is 0 Å². The van der Waals surface area contributed by atoms with Crippen LogP contribution in [-0.2, 0) is 4.79 Å². The highest BCUT2D eigenvalue weighted by Crippen LogP contribution is 2.29. The number of halogens is 1. The van der Waals surface area contributed by atoms with Crippen LogP contribution in [0.1, 0.15) is 20.3 Å². The molecule has 2 N–H and O–H groups in total. The quantitative estimate of drug-likeness (QED) is 0.878. The fourth-order valence-electron chi connectivity index (χ4n) is 2.32. The molecule has 1 aliphatic rings. The van der Waals surface area contributed by atoms with Crippen LogP contribution in [0, 0.1) is 11.8 Å². The molecule has 1 aromatic rings. The van der Waals surface area contributed by atoms with Crippen molar-refractivity contribution in [3.8, 4) is 5.75 Å². The lowest BCUT2D eigenvalue weighted by Gasteiger charge is -2.17. The molecule has 1 amide bonds. The average Bonchev–Trinajstić information content (AvgIpc) is 2.84. The van der Waals surface area contributed by atoms with Gasteiger partial charge < -0.3 is 15.4 Å². The number of carbonyl (C=O) groups is 1. The van der Waals surface area contributed by atoms with E-state index < -0.39 is 0 Å². The molecular formula is C15H21ClN2O2. The molecule has 20 heavy (non-hydrogen) atoms. The molecular weight excluding hydrogens is 276 g/mol. The molecule has 0 radical (unpaired) electrons. The molecule has 0 saturated carbocycles. The Morgan fingerprint density at radius 2 is 2.30 bits per heavy atom. The summed E-state index contributed by atoms with van der Waals surface area (Å²) in [4.78, 5) is 12.3. The van der Waals surface area contributed by atoms with Gasteiger partial charge in [0, 0.05) is 11.6 Å². The summed E-state index contributed by atoms with van der Waals surface area (Å²) in [5, 5.41) is 6.76. The molecule has 0 unspecified atom stereocenters. The molecule has 0 spiro atoms. The fourth-order valence-corrected chi connectivity index (χ4v) is 2.50. The van der Waals surface area contributed by atoms with E-state index in [2.05, 4.69) is 17.6 Å². The van der Waals surface area contributed by atoms with Crippen molar-refractivity contribution in [3.05, 3.63) is 23.2 Å². The van der Waals surface area contributed by atoms with Crippen molar-refractivity contribution in [1.82, 2.24) is 5.32 Å². The van der Waals surface area contributed by atoms with Crippen LogP contribution >= 0.6 is 11.6 Å². The Balaban J connectivity index is 2.10. The smallest absolute Gasteiger partial charge is 0.229 e. The van der Waals surface area contributed by atoms with E-state index in [1.54, 1.807) is 18.2 Å². The van der Waals surface area contributed by atoms with Crippen LogP contribution in [-0.4, -0.2) is 25.6 Å². The van der Waals surface area contributed by atoms with Gasteiger partial charge >= 0.3 is 0 Å². The minimum Gasteiger partial charge on any atom is -0.491 e. The summed E-state index contributed by atoms with van der Waals surface area (Å²) in [5.74, 6) is 1.02. The summed E-state index contributed by atoms with van der Waals surface area (Å²) in [6.45, 7) is 6.34. The monoisotopic (exact) mass is 296 g/mol. The highest BCUT2D eigenvalue weighted by atomic mass is 35.5. The standard InChI is InChI=1S/C15H21ClN2O2/c1-3-6-20-14-5-4-11(16)7-13(14)18-15(19)12-9-17-8-10(12)2/h4-5,7,10,12,17H,3,6,8-9H2,1-2H3,(H,18,19)/t10-,12-/m1/s1. The number of amides is 1. The number of benzene rings is 1. The first-order valence-corrected chi connectivity index (χ1v) is 7.43. The molecule has 1 fully saturated rings. The Morgan fingerprint density at radius 3 is 2.95 bits per heavy atom. The van der Waals surface area contributed by atoms with Gasteiger partial charge in [0.15, 0.2) is 0 Å². The van der Waals surface area contributed by atoms with Crippen LogP contribution in [0.4, 0.5) is 5.69 Å². The third-order valence-electron chi connectivity index (χ3n) is 3.52. The summed E-state index contributed by atoms with van der Waals surface area (Å²) >= 11 is 6.00. The van der Waals surface area contributed by atoms with E-state index in [1.165, 1.54) is 0 Å². The Bertz CT molecular complexity index is 479. The Kier molecular flexibility index (Phi) is 5.26. The van der Waals surface area contributed by atoms with Crippen LogP contribution < -0.4 is 15.4 Å². The van der Waals surface area contributed by atoms with Gasteiger partial charge in [-0.1, -0.05) is 25.4 Å². The van der Waals surface area contributed by atoms with Crippen LogP contribution in [0.2, 0.25) is 5.02 Å². The highest BCUT2D eigenvalue weighted by Gasteiger charge is 2.29. The molecule has 0 aromatic heterocycles. The first-order valence-electron chi connectivity index (χ1n) is 7.05. The number of hydrogen-bond acceptors (Lipinski definition) is 3. The molecule has 2 rings (SSSR count). The second-order valence-corrected chi connectivity index (χ2v) is 5.66. The maximum Gasteiger partial charge on any atom is 0.229 e. The maximum absolute atomic E-state index is 12.3. The zero-order valence-corrected chi connectivity index (χ0v) is 12.7. The van der Waals surface area contributed by atoms with Crippen molar-refractivity contribution in [1.29, 1.82) is 0 Å². The zero-order chi connectivity index (χ0) is 14.5. The second kappa shape index (κ2) is 6.95. The van der Waals surface area contributed by atoms with Gasteiger partial charge in [0.1, 0.15) is 5.75 Å². The summed E-state index contributed by atoms with van der Waals surface area (Å²) in [5.41, 5.74) is 0.648. The largest absolute Gasteiger partial charge is 0.491 e. The van der Waals surface area contributed by atoms with E-state index in [4.69, 9.17) is 16.3 Å². The SMILES string of the molecule is CCCOc1ccc(Cl)cc1NC(=O)[C@@H]1CNC[C@H]1C. The molecule has 4 nitrogen and oxygen atoms in total. The summed E-state index contributed by atoms with van der Waals surface area (Å²) < 4.78 is 5.64. The molecule has 0 bridgehead atoms. The van der Waals surface area contributed by atoms with Crippen molar-refractivity contribution < 1.29 is 9.53 Å². The van der Waals surface area contributed by atoms with E-state index in [1.807, 2.05) is 6.92 Å². The van der Waals surface area contributed by atoms with Crippen molar-refractivity contribution in [2.75, 3.05) is 25.0 Å². The number of anilines is 1. The van der Waals surface area contributed by atoms with Gasteiger partial charge in [-0.2, -0.15) is 0 Å². The van der Waals surface area contributed by atoms with Crippen LogP contribution in [0.3, 0.4) is 0 Å². The van der Waals surface area contributed by atoms with Gasteiger partial charge in [-0.3, -0.25) is 4.79 Å². The highest BCUT2D eigenvalue weighted by molar-refractivity contribution is 6.31. The van der Waals surface area contributed by atoms with Gasteiger partial charge in [0.05, 0.1) is 18.2 Å². The lowest BCUT2D eigenvalue weighted by Crippen LogP contribution is -2.28. The van der Waals surface area contributed by atoms with Gasteiger partial charge in [0.2, 0.25) is 5.91 Å². The molecule has 1 saturated heterocycles. The lowest BCUT2D eigenvalue weighted by atomic mass is 9.97. The third kappa shape index (κ3) is 3.64. The van der Waals surface area contributed by atoms with Gasteiger partial charge in [-0.15, -0.1) is 0 Å². The molecule has 110 valence electrons. The molecule has 1 aromatic carbocycles. The minimum atomic E-state index is -0.00648. The molecule has 0 aliphatic carbocycles. The molecule has 1 aliphatic heterocycles. The number of ether oxygens (including phenoxy) is 1. The normalized spacial score (nSPS) is 21.8. The van der Waals surface area contributed by atoms with E-state index in [0.717, 1.165) is 19.5 Å².